The number of primary amides is 1. The lowest BCUT2D eigenvalue weighted by molar-refractivity contribution is 0.0505. The lowest BCUT2D eigenvalue weighted by atomic mass is 10.1. The molecule has 0 radical (unpaired) electrons. The van der Waals surface area contributed by atoms with Crippen LogP contribution >= 0.6 is 22.6 Å². The summed E-state index contributed by atoms with van der Waals surface area (Å²) in [4.78, 5) is 42.2. The largest absolute Gasteiger partial charge is 0.444 e. The first-order chi connectivity index (χ1) is 14.5. The first kappa shape index (κ1) is 22.7. The molecule has 0 fully saturated rings. The van der Waals surface area contributed by atoms with Crippen molar-refractivity contribution >= 4 is 45.5 Å². The number of ether oxygens (including phenoxy) is 1. The zero-order chi connectivity index (χ0) is 22.9. The quantitative estimate of drug-likeness (QED) is 0.496. The molecule has 0 saturated carbocycles. The molecule has 0 aliphatic carbocycles. The predicted molar refractivity (Wildman–Crippen MR) is 126 cm³/mol. The van der Waals surface area contributed by atoms with E-state index in [-0.39, 0.29) is 11.1 Å². The van der Waals surface area contributed by atoms with Crippen molar-refractivity contribution in [2.75, 3.05) is 0 Å². The highest BCUT2D eigenvalue weighted by Crippen LogP contribution is 2.22. The molecule has 0 bridgehead atoms. The number of hydrogen-bond acceptors (Lipinski definition) is 5. The Morgan fingerprint density at radius 2 is 1.87 bits per heavy atom. The fraction of sp³-hybridized carbons (Fsp3) is 0.273. The molecule has 162 valence electrons. The van der Waals surface area contributed by atoms with E-state index in [0.717, 1.165) is 3.57 Å². The van der Waals surface area contributed by atoms with Crippen LogP contribution in [0, 0.1) is 3.57 Å². The van der Waals surface area contributed by atoms with Gasteiger partial charge in [0.15, 0.2) is 0 Å². The maximum Gasteiger partial charge on any atom is 0.408 e. The van der Waals surface area contributed by atoms with E-state index >= 15 is 0 Å². The van der Waals surface area contributed by atoms with Crippen LogP contribution in [0.15, 0.2) is 47.3 Å². The molecule has 1 aromatic heterocycles. The Morgan fingerprint density at radius 1 is 1.19 bits per heavy atom. The Bertz CT molecular complexity index is 1230. The number of carbonyl (C=O) groups excluding carboxylic acids is 2. The van der Waals surface area contributed by atoms with Crippen molar-refractivity contribution in [2.24, 2.45) is 5.73 Å². The lowest BCUT2D eigenvalue weighted by Crippen LogP contribution is -2.37. The summed E-state index contributed by atoms with van der Waals surface area (Å²) in [6, 6.07) is 11.1. The smallest absolute Gasteiger partial charge is 0.408 e. The molecule has 3 rings (SSSR count). The van der Waals surface area contributed by atoms with E-state index in [9.17, 15) is 14.4 Å². The van der Waals surface area contributed by atoms with Gasteiger partial charge in [0.2, 0.25) is 5.91 Å². The van der Waals surface area contributed by atoms with Gasteiger partial charge in [0.1, 0.15) is 11.4 Å². The molecule has 0 saturated heterocycles. The van der Waals surface area contributed by atoms with Crippen LogP contribution in [0.1, 0.15) is 49.9 Å². The first-order valence-electron chi connectivity index (χ1n) is 9.59. The van der Waals surface area contributed by atoms with Crippen LogP contribution in [0.5, 0.6) is 0 Å². The van der Waals surface area contributed by atoms with Gasteiger partial charge >= 0.3 is 6.09 Å². The Balaban J connectivity index is 2.21. The van der Waals surface area contributed by atoms with Crippen molar-refractivity contribution < 1.29 is 14.3 Å². The van der Waals surface area contributed by atoms with Crippen LogP contribution in [0.25, 0.3) is 16.6 Å². The van der Waals surface area contributed by atoms with Gasteiger partial charge < -0.3 is 15.8 Å². The van der Waals surface area contributed by atoms with E-state index in [2.05, 4.69) is 27.9 Å². The second kappa shape index (κ2) is 8.66. The number of hydrogen-bond donors (Lipinski definition) is 2. The Morgan fingerprint density at radius 3 is 2.52 bits per heavy atom. The SMILES string of the molecule is C[C@H](NC(=O)OC(C)(C)C)c1nc2c(I)cccc2c(=O)n1-c1cccc(C(N)=O)c1. The second-order valence-corrected chi connectivity index (χ2v) is 9.19. The zero-order valence-corrected chi connectivity index (χ0v) is 19.8. The number of fused-ring (bicyclic) bond motifs is 1. The lowest BCUT2D eigenvalue weighted by Gasteiger charge is -2.23. The Labute approximate surface area is 192 Å². The molecule has 2 amide bonds. The standard InChI is InChI=1S/C22H23IN4O4/c1-12(25-21(30)31-22(2,3)4)19-26-17-15(9-6-10-16(17)23)20(29)27(19)14-8-5-7-13(11-14)18(24)28/h5-12H,1-4H3,(H2,24,28)(H,25,30)/t12-/m0/s1. The average molecular weight is 534 g/mol. The van der Waals surface area contributed by atoms with Crippen molar-refractivity contribution in [1.29, 1.82) is 0 Å². The summed E-state index contributed by atoms with van der Waals surface area (Å²) in [6.45, 7) is 7.00. The molecule has 0 aliphatic rings. The number of amides is 2. The van der Waals surface area contributed by atoms with Gasteiger partial charge in [-0.2, -0.15) is 0 Å². The highest BCUT2D eigenvalue weighted by molar-refractivity contribution is 14.1. The number of rotatable bonds is 4. The molecule has 0 aliphatic heterocycles. The van der Waals surface area contributed by atoms with Gasteiger partial charge in [-0.25, -0.2) is 9.78 Å². The topological polar surface area (TPSA) is 116 Å². The van der Waals surface area contributed by atoms with Crippen LogP contribution in [-0.2, 0) is 4.74 Å². The van der Waals surface area contributed by atoms with E-state index in [0.29, 0.717) is 22.4 Å². The highest BCUT2D eigenvalue weighted by Gasteiger charge is 2.23. The van der Waals surface area contributed by atoms with Crippen molar-refractivity contribution in [3.63, 3.8) is 0 Å². The minimum absolute atomic E-state index is 0.255. The third kappa shape index (κ3) is 5.04. The number of nitrogens with two attached hydrogens (primary N) is 1. The minimum Gasteiger partial charge on any atom is -0.444 e. The van der Waals surface area contributed by atoms with Gasteiger partial charge in [-0.1, -0.05) is 12.1 Å². The predicted octanol–water partition coefficient (Wildman–Crippen LogP) is 3.67. The van der Waals surface area contributed by atoms with Gasteiger partial charge in [-0.15, -0.1) is 0 Å². The first-order valence-corrected chi connectivity index (χ1v) is 10.7. The van der Waals surface area contributed by atoms with E-state index in [1.165, 1.54) is 10.6 Å². The normalized spacial score (nSPS) is 12.4. The van der Waals surface area contributed by atoms with Crippen molar-refractivity contribution in [3.05, 3.63) is 67.8 Å². The highest BCUT2D eigenvalue weighted by atomic mass is 127. The van der Waals surface area contributed by atoms with Gasteiger partial charge in [0, 0.05) is 9.13 Å². The van der Waals surface area contributed by atoms with Gasteiger partial charge in [0.05, 0.1) is 22.6 Å². The van der Waals surface area contributed by atoms with E-state index in [1.54, 1.807) is 58.0 Å². The maximum atomic E-state index is 13.5. The van der Waals surface area contributed by atoms with Gasteiger partial charge in [-0.05, 0) is 80.6 Å². The van der Waals surface area contributed by atoms with Gasteiger partial charge in [-0.3, -0.25) is 14.2 Å². The maximum absolute atomic E-state index is 13.5. The zero-order valence-electron chi connectivity index (χ0n) is 17.6. The summed E-state index contributed by atoms with van der Waals surface area (Å²) in [6.07, 6.45) is -0.630. The second-order valence-electron chi connectivity index (χ2n) is 8.03. The third-order valence-corrected chi connectivity index (χ3v) is 5.26. The summed E-state index contributed by atoms with van der Waals surface area (Å²) in [5.74, 6) is -0.311. The van der Waals surface area contributed by atoms with Crippen molar-refractivity contribution in [2.45, 2.75) is 39.3 Å². The number of benzene rings is 2. The summed E-state index contributed by atoms with van der Waals surface area (Å²) < 4.78 is 7.52. The van der Waals surface area contributed by atoms with Crippen LogP contribution in [0.3, 0.4) is 0 Å². The number of para-hydroxylation sites is 1. The minimum atomic E-state index is -0.675. The molecular formula is C22H23IN4O4. The number of nitrogens with one attached hydrogen (secondary N) is 1. The fourth-order valence-electron chi connectivity index (χ4n) is 3.08. The Kier molecular flexibility index (Phi) is 6.35. The van der Waals surface area contributed by atoms with Crippen LogP contribution in [0.4, 0.5) is 4.79 Å². The van der Waals surface area contributed by atoms with E-state index < -0.39 is 23.6 Å². The van der Waals surface area contributed by atoms with Crippen LogP contribution < -0.4 is 16.6 Å². The summed E-state index contributed by atoms with van der Waals surface area (Å²) >= 11 is 2.11. The van der Waals surface area contributed by atoms with Crippen LogP contribution in [0.2, 0.25) is 0 Å². The number of aromatic nitrogens is 2. The third-order valence-electron chi connectivity index (χ3n) is 4.39. The molecule has 8 nitrogen and oxygen atoms in total. The van der Waals surface area contributed by atoms with Crippen LogP contribution in [-0.4, -0.2) is 27.2 Å². The molecule has 31 heavy (non-hydrogen) atoms. The molecule has 1 heterocycles. The Hall–Kier alpha value is -2.95. The molecule has 3 aromatic rings. The fourth-order valence-corrected chi connectivity index (χ4v) is 3.70. The molecule has 1 atom stereocenters. The summed E-state index contributed by atoms with van der Waals surface area (Å²) in [7, 11) is 0. The number of alkyl carbamates (subject to hydrolysis) is 1. The van der Waals surface area contributed by atoms with Gasteiger partial charge in [0.25, 0.3) is 5.56 Å². The van der Waals surface area contributed by atoms with Crippen molar-refractivity contribution in [1.82, 2.24) is 14.9 Å². The number of carbonyl (C=O) groups is 2. The average Bonchev–Trinajstić information content (AvgIpc) is 2.67. The number of nitrogens with zero attached hydrogens (tertiary/aromatic N) is 2. The molecular weight excluding hydrogens is 511 g/mol. The number of halogens is 1. The molecule has 2 aromatic carbocycles. The molecule has 9 heteroatoms. The van der Waals surface area contributed by atoms with E-state index in [1.807, 2.05) is 6.07 Å². The van der Waals surface area contributed by atoms with Crippen molar-refractivity contribution in [3.8, 4) is 5.69 Å². The molecule has 0 unspecified atom stereocenters. The monoisotopic (exact) mass is 534 g/mol. The summed E-state index contributed by atoms with van der Waals surface area (Å²) in [5, 5.41) is 3.16. The molecule has 0 spiro atoms. The summed E-state index contributed by atoms with van der Waals surface area (Å²) in [5.41, 5.74) is 5.62. The van der Waals surface area contributed by atoms with E-state index in [4.69, 9.17) is 15.5 Å². The molecule has 3 N–H and O–H groups in total.